The molecule has 1 rings (SSSR count). The second kappa shape index (κ2) is 8.86. The first kappa shape index (κ1) is 13.8. The summed E-state index contributed by atoms with van der Waals surface area (Å²) < 4.78 is 0. The molecule has 0 aromatic heterocycles. The van der Waals surface area contributed by atoms with Crippen LogP contribution in [0.5, 0.6) is 0 Å². The Morgan fingerprint density at radius 3 is 1.94 bits per heavy atom. The predicted octanol–water partition coefficient (Wildman–Crippen LogP) is 3.75. The van der Waals surface area contributed by atoms with Gasteiger partial charge in [0.15, 0.2) is 0 Å². The molecule has 0 radical (unpaired) electrons. The maximum absolute atomic E-state index is 5.73. The van der Waals surface area contributed by atoms with E-state index in [0.29, 0.717) is 0 Å². The lowest BCUT2D eigenvalue weighted by Crippen LogP contribution is -2.26. The van der Waals surface area contributed by atoms with Crippen molar-refractivity contribution in [2.45, 2.75) is 19.4 Å². The van der Waals surface area contributed by atoms with Gasteiger partial charge in [0, 0.05) is 18.3 Å². The highest BCUT2D eigenvalue weighted by atomic mass is 35.5. The lowest BCUT2D eigenvalue weighted by atomic mass is 10.2. The van der Waals surface area contributed by atoms with Gasteiger partial charge in [0.2, 0.25) is 0 Å². The van der Waals surface area contributed by atoms with Crippen molar-refractivity contribution >= 4 is 23.2 Å². The molecule has 90 valence electrons. The minimum Gasteiger partial charge on any atom is -0.299 e. The van der Waals surface area contributed by atoms with E-state index < -0.39 is 0 Å². The highest BCUT2D eigenvalue weighted by Crippen LogP contribution is 2.06. The molecular weight excluding hydrogens is 241 g/mol. The van der Waals surface area contributed by atoms with Crippen molar-refractivity contribution in [3.05, 3.63) is 35.9 Å². The molecule has 0 bridgehead atoms. The third-order valence-corrected chi connectivity index (χ3v) is 3.00. The van der Waals surface area contributed by atoms with Crippen molar-refractivity contribution < 1.29 is 0 Å². The predicted molar refractivity (Wildman–Crippen MR) is 72.4 cm³/mol. The Labute approximate surface area is 108 Å². The van der Waals surface area contributed by atoms with Gasteiger partial charge >= 0.3 is 0 Å². The monoisotopic (exact) mass is 259 g/mol. The first-order valence-electron chi connectivity index (χ1n) is 5.75. The van der Waals surface area contributed by atoms with Crippen LogP contribution in [0.4, 0.5) is 0 Å². The molecule has 0 saturated carbocycles. The Morgan fingerprint density at radius 2 is 1.44 bits per heavy atom. The molecule has 1 nitrogen and oxygen atoms in total. The summed E-state index contributed by atoms with van der Waals surface area (Å²) in [5.41, 5.74) is 1.35. The first-order chi connectivity index (χ1) is 7.86. The highest BCUT2D eigenvalue weighted by molar-refractivity contribution is 6.18. The summed E-state index contributed by atoms with van der Waals surface area (Å²) in [6.45, 7) is 3.10. The van der Waals surface area contributed by atoms with Crippen LogP contribution >= 0.6 is 23.2 Å². The Kier molecular flexibility index (Phi) is 7.65. The summed E-state index contributed by atoms with van der Waals surface area (Å²) in [7, 11) is 0. The molecule has 0 aliphatic carbocycles. The summed E-state index contributed by atoms with van der Waals surface area (Å²) in [6.07, 6.45) is 2.08. The van der Waals surface area contributed by atoms with Crippen LogP contribution in [0, 0.1) is 0 Å². The van der Waals surface area contributed by atoms with Gasteiger partial charge in [-0.3, -0.25) is 4.90 Å². The van der Waals surface area contributed by atoms with Gasteiger partial charge in [-0.15, -0.1) is 23.2 Å². The number of nitrogens with zero attached hydrogens (tertiary/aromatic N) is 1. The van der Waals surface area contributed by atoms with Gasteiger partial charge in [-0.2, -0.15) is 0 Å². The third kappa shape index (κ3) is 5.74. The lowest BCUT2D eigenvalue weighted by molar-refractivity contribution is 0.267. The molecule has 0 spiro atoms. The van der Waals surface area contributed by atoms with E-state index in [4.69, 9.17) is 23.2 Å². The van der Waals surface area contributed by atoms with Crippen LogP contribution in [0.3, 0.4) is 0 Å². The van der Waals surface area contributed by atoms with Crippen molar-refractivity contribution in [2.24, 2.45) is 0 Å². The van der Waals surface area contributed by atoms with Crippen molar-refractivity contribution in [2.75, 3.05) is 24.8 Å². The van der Waals surface area contributed by atoms with Crippen LogP contribution < -0.4 is 0 Å². The number of alkyl halides is 2. The number of rotatable bonds is 8. The van der Waals surface area contributed by atoms with Gasteiger partial charge in [-0.1, -0.05) is 30.3 Å². The Morgan fingerprint density at radius 1 is 0.875 bits per heavy atom. The molecule has 0 fully saturated rings. The zero-order valence-electron chi connectivity index (χ0n) is 9.54. The van der Waals surface area contributed by atoms with E-state index in [0.717, 1.165) is 44.2 Å². The Balaban J connectivity index is 2.42. The van der Waals surface area contributed by atoms with E-state index in [-0.39, 0.29) is 0 Å². The van der Waals surface area contributed by atoms with Gasteiger partial charge in [0.05, 0.1) is 0 Å². The van der Waals surface area contributed by atoms with E-state index in [2.05, 4.69) is 29.2 Å². The van der Waals surface area contributed by atoms with Crippen LogP contribution in [0.25, 0.3) is 0 Å². The number of hydrogen-bond donors (Lipinski definition) is 0. The molecule has 0 atom stereocenters. The Hall–Kier alpha value is -0.240. The zero-order valence-corrected chi connectivity index (χ0v) is 11.1. The molecule has 0 amide bonds. The molecule has 0 N–H and O–H groups in total. The highest BCUT2D eigenvalue weighted by Gasteiger charge is 2.04. The molecule has 0 unspecified atom stereocenters. The second-order valence-corrected chi connectivity index (χ2v) is 4.60. The first-order valence-corrected chi connectivity index (χ1v) is 6.82. The van der Waals surface area contributed by atoms with E-state index >= 15 is 0 Å². The summed E-state index contributed by atoms with van der Waals surface area (Å²) in [6, 6.07) is 10.5. The molecule has 1 aromatic rings. The minimum absolute atomic E-state index is 0.728. The fourth-order valence-electron chi connectivity index (χ4n) is 1.68. The molecule has 0 aliphatic rings. The summed E-state index contributed by atoms with van der Waals surface area (Å²) in [5.74, 6) is 1.46. The summed E-state index contributed by atoms with van der Waals surface area (Å²) >= 11 is 11.5. The maximum atomic E-state index is 5.73. The molecule has 0 saturated heterocycles. The van der Waals surface area contributed by atoms with E-state index in [1.54, 1.807) is 0 Å². The molecule has 0 heterocycles. The van der Waals surface area contributed by atoms with Crippen LogP contribution in [-0.2, 0) is 6.54 Å². The quantitative estimate of drug-likeness (QED) is 0.643. The lowest BCUT2D eigenvalue weighted by Gasteiger charge is -2.21. The Bertz CT molecular complexity index is 256. The van der Waals surface area contributed by atoms with Crippen molar-refractivity contribution in [1.82, 2.24) is 4.90 Å². The summed E-state index contributed by atoms with van der Waals surface area (Å²) in [4.78, 5) is 2.42. The average Bonchev–Trinajstić information content (AvgIpc) is 2.34. The van der Waals surface area contributed by atoms with Gasteiger partial charge < -0.3 is 0 Å². The van der Waals surface area contributed by atoms with Crippen LogP contribution in [-0.4, -0.2) is 29.7 Å². The van der Waals surface area contributed by atoms with Crippen LogP contribution in [0.15, 0.2) is 30.3 Å². The third-order valence-electron chi connectivity index (χ3n) is 2.46. The van der Waals surface area contributed by atoms with E-state index in [1.807, 2.05) is 6.07 Å². The topological polar surface area (TPSA) is 3.24 Å². The van der Waals surface area contributed by atoms with Crippen molar-refractivity contribution in [3.63, 3.8) is 0 Å². The fraction of sp³-hybridized carbons (Fsp3) is 0.538. The standard InChI is InChI=1S/C13H19Cl2N/c14-8-4-10-16(11-5-9-15)12-13-6-2-1-3-7-13/h1-3,6-7H,4-5,8-12H2. The van der Waals surface area contributed by atoms with Crippen molar-refractivity contribution in [1.29, 1.82) is 0 Å². The van der Waals surface area contributed by atoms with Gasteiger partial charge in [-0.05, 0) is 31.5 Å². The van der Waals surface area contributed by atoms with Gasteiger partial charge in [-0.25, -0.2) is 0 Å². The molecular formula is C13H19Cl2N. The normalized spacial score (nSPS) is 10.9. The second-order valence-electron chi connectivity index (χ2n) is 3.85. The van der Waals surface area contributed by atoms with Crippen LogP contribution in [0.2, 0.25) is 0 Å². The number of hydrogen-bond acceptors (Lipinski definition) is 1. The smallest absolute Gasteiger partial charge is 0.0235 e. The zero-order chi connectivity index (χ0) is 11.6. The minimum atomic E-state index is 0.728. The molecule has 3 heteroatoms. The SMILES string of the molecule is ClCCCN(CCCCl)Cc1ccccc1. The van der Waals surface area contributed by atoms with Crippen LogP contribution in [0.1, 0.15) is 18.4 Å². The average molecular weight is 260 g/mol. The van der Waals surface area contributed by atoms with Gasteiger partial charge in [0.25, 0.3) is 0 Å². The molecule has 0 aliphatic heterocycles. The van der Waals surface area contributed by atoms with Crippen molar-refractivity contribution in [3.8, 4) is 0 Å². The largest absolute Gasteiger partial charge is 0.299 e. The number of benzene rings is 1. The number of halogens is 2. The van der Waals surface area contributed by atoms with E-state index in [1.165, 1.54) is 5.56 Å². The van der Waals surface area contributed by atoms with E-state index in [9.17, 15) is 0 Å². The summed E-state index contributed by atoms with van der Waals surface area (Å²) in [5, 5.41) is 0. The maximum Gasteiger partial charge on any atom is 0.0235 e. The fourth-order valence-corrected chi connectivity index (χ4v) is 1.92. The molecule has 16 heavy (non-hydrogen) atoms. The molecule has 1 aromatic carbocycles. The van der Waals surface area contributed by atoms with Gasteiger partial charge in [0.1, 0.15) is 0 Å².